The van der Waals surface area contributed by atoms with Gasteiger partial charge in [-0.05, 0) is 42.4 Å². The molecule has 0 aromatic carbocycles. The molecule has 0 aliphatic heterocycles. The van der Waals surface area contributed by atoms with Crippen LogP contribution in [0.15, 0.2) is 11.1 Å². The second kappa shape index (κ2) is 3.07. The van der Waals surface area contributed by atoms with Gasteiger partial charge in [0.25, 0.3) is 0 Å². The van der Waals surface area contributed by atoms with Gasteiger partial charge < -0.3 is 0 Å². The first-order valence-electron chi connectivity index (χ1n) is 5.91. The first-order valence-corrected chi connectivity index (χ1v) is 7.48. The van der Waals surface area contributed by atoms with Gasteiger partial charge in [-0.1, -0.05) is 17.7 Å². The molecule has 4 heteroatoms. The molecule has 0 N–H and O–H groups in total. The lowest BCUT2D eigenvalue weighted by molar-refractivity contribution is 0.309. The summed E-state index contributed by atoms with van der Waals surface area (Å²) in [6.07, 6.45) is 4.52. The summed E-state index contributed by atoms with van der Waals surface area (Å²) in [6.45, 7) is 0. The summed E-state index contributed by atoms with van der Waals surface area (Å²) in [5.41, 5.74) is 0. The number of rotatable bonds is 0. The summed E-state index contributed by atoms with van der Waals surface area (Å²) in [6, 6.07) is 0. The summed E-state index contributed by atoms with van der Waals surface area (Å²) >= 11 is 25.2. The van der Waals surface area contributed by atoms with Crippen molar-refractivity contribution in [2.75, 3.05) is 0 Å². The highest BCUT2D eigenvalue weighted by molar-refractivity contribution is 6.51. The minimum atomic E-state index is -0.444. The summed E-state index contributed by atoms with van der Waals surface area (Å²) < 4.78 is -0.444. The Morgan fingerprint density at radius 2 is 1.94 bits per heavy atom. The van der Waals surface area contributed by atoms with Gasteiger partial charge >= 0.3 is 0 Å². The van der Waals surface area contributed by atoms with E-state index in [1.54, 1.807) is 0 Å². The van der Waals surface area contributed by atoms with Gasteiger partial charge in [0.1, 0.15) is 4.33 Å². The van der Waals surface area contributed by atoms with Crippen molar-refractivity contribution in [1.29, 1.82) is 0 Å². The Balaban J connectivity index is 1.72. The number of allylic oxidation sites excluding steroid dienone is 2. The minimum Gasteiger partial charge on any atom is -0.117 e. The molecule has 0 aromatic heterocycles. The maximum atomic E-state index is 6.39. The molecule has 0 unspecified atom stereocenters. The molecule has 4 aliphatic carbocycles. The number of hydrogen-bond acceptors (Lipinski definition) is 0. The molecule has 7 atom stereocenters. The molecule has 0 saturated heterocycles. The Labute approximate surface area is 115 Å². The Morgan fingerprint density at radius 3 is 2.69 bits per heavy atom. The van der Waals surface area contributed by atoms with Crippen LogP contribution >= 0.6 is 46.4 Å². The van der Waals surface area contributed by atoms with E-state index in [0.29, 0.717) is 35.5 Å². The van der Waals surface area contributed by atoms with Gasteiger partial charge in [-0.2, -0.15) is 0 Å². The third-order valence-electron chi connectivity index (χ3n) is 5.30. The van der Waals surface area contributed by atoms with Crippen molar-refractivity contribution in [1.82, 2.24) is 0 Å². The average Bonchev–Trinajstić information content (AvgIpc) is 2.63. The molecule has 0 aromatic rings. The topological polar surface area (TPSA) is 0 Å². The summed E-state index contributed by atoms with van der Waals surface area (Å²) in [5, 5.41) is 0.884. The highest BCUT2D eigenvalue weighted by Crippen LogP contribution is 2.76. The molecule has 0 nitrogen and oxygen atoms in total. The highest BCUT2D eigenvalue weighted by Gasteiger charge is 2.75. The quantitative estimate of drug-likeness (QED) is 0.581. The van der Waals surface area contributed by atoms with Crippen molar-refractivity contribution in [2.24, 2.45) is 35.5 Å². The minimum absolute atomic E-state index is 0.0328. The number of halogens is 4. The van der Waals surface area contributed by atoms with Crippen molar-refractivity contribution in [3.8, 4) is 0 Å². The van der Waals surface area contributed by atoms with Gasteiger partial charge in [-0.15, -0.1) is 34.8 Å². The molecule has 4 rings (SSSR count). The second-order valence-corrected chi connectivity index (χ2v) is 8.15. The first kappa shape index (κ1) is 10.8. The van der Waals surface area contributed by atoms with Crippen LogP contribution in [0.25, 0.3) is 0 Å². The van der Waals surface area contributed by atoms with Crippen LogP contribution in [0.3, 0.4) is 0 Å². The van der Waals surface area contributed by atoms with Crippen molar-refractivity contribution in [2.45, 2.75) is 22.6 Å². The molecular formula is C12H12Cl4. The number of alkyl halides is 3. The Bertz CT molecular complexity index is 388. The molecule has 4 aliphatic rings. The molecule has 16 heavy (non-hydrogen) atoms. The van der Waals surface area contributed by atoms with E-state index in [0.717, 1.165) is 11.5 Å². The monoisotopic (exact) mass is 296 g/mol. The fourth-order valence-electron chi connectivity index (χ4n) is 4.67. The van der Waals surface area contributed by atoms with E-state index in [9.17, 15) is 0 Å². The van der Waals surface area contributed by atoms with Crippen LogP contribution < -0.4 is 0 Å². The van der Waals surface area contributed by atoms with E-state index < -0.39 is 4.33 Å². The molecular weight excluding hydrogens is 286 g/mol. The lowest BCUT2D eigenvalue weighted by atomic mass is 9.86. The van der Waals surface area contributed by atoms with Crippen LogP contribution in [-0.2, 0) is 0 Å². The largest absolute Gasteiger partial charge is 0.125 e. The zero-order valence-corrected chi connectivity index (χ0v) is 11.6. The van der Waals surface area contributed by atoms with Crippen LogP contribution in [0.2, 0.25) is 0 Å². The summed E-state index contributed by atoms with van der Waals surface area (Å²) in [7, 11) is 0. The van der Waals surface area contributed by atoms with Crippen LogP contribution in [0.1, 0.15) is 12.8 Å². The van der Waals surface area contributed by atoms with Crippen LogP contribution in [0.5, 0.6) is 0 Å². The zero-order chi connectivity index (χ0) is 11.2. The normalized spacial score (nSPS) is 60.2. The van der Waals surface area contributed by atoms with Gasteiger partial charge in [0.05, 0.1) is 5.38 Å². The van der Waals surface area contributed by atoms with E-state index >= 15 is 0 Å². The summed E-state index contributed by atoms with van der Waals surface area (Å²) in [5.74, 6) is 3.50. The Hall–Kier alpha value is 0.900. The van der Waals surface area contributed by atoms with Crippen molar-refractivity contribution >= 4 is 46.4 Å². The summed E-state index contributed by atoms with van der Waals surface area (Å²) in [4.78, 5) is 0. The first-order chi connectivity index (χ1) is 7.51. The highest BCUT2D eigenvalue weighted by atomic mass is 35.5. The third kappa shape index (κ3) is 1.11. The molecule has 3 fully saturated rings. The van der Waals surface area contributed by atoms with E-state index in [2.05, 4.69) is 6.08 Å². The van der Waals surface area contributed by atoms with Gasteiger partial charge in [0.2, 0.25) is 0 Å². The predicted octanol–water partition coefficient (Wildman–Crippen LogP) is 4.42. The lowest BCUT2D eigenvalue weighted by Gasteiger charge is -2.25. The fourth-order valence-corrected chi connectivity index (χ4v) is 6.27. The molecule has 88 valence electrons. The zero-order valence-electron chi connectivity index (χ0n) is 8.54. The molecule has 0 amide bonds. The average molecular weight is 298 g/mol. The number of fused-ring (bicyclic) bond motifs is 7. The van der Waals surface area contributed by atoms with E-state index in [1.165, 1.54) is 6.42 Å². The second-order valence-electron chi connectivity index (χ2n) is 5.80. The van der Waals surface area contributed by atoms with Gasteiger partial charge in [-0.25, -0.2) is 0 Å². The molecule has 3 saturated carbocycles. The number of hydrogen-bond donors (Lipinski definition) is 0. The van der Waals surface area contributed by atoms with Crippen LogP contribution in [0, 0.1) is 35.5 Å². The SMILES string of the molecule is ClC1=C[C@H]2C[C@H]([C@H]3C[C@@H]4[C@@H]([C@H]32)C4(Cl)Cl)[C@@H]1Cl. The predicted molar refractivity (Wildman–Crippen MR) is 68.2 cm³/mol. The van der Waals surface area contributed by atoms with Crippen molar-refractivity contribution in [3.63, 3.8) is 0 Å². The van der Waals surface area contributed by atoms with Crippen LogP contribution in [0.4, 0.5) is 0 Å². The van der Waals surface area contributed by atoms with Crippen LogP contribution in [-0.4, -0.2) is 9.71 Å². The van der Waals surface area contributed by atoms with Gasteiger partial charge in [0.15, 0.2) is 0 Å². The fraction of sp³-hybridized carbons (Fsp3) is 0.833. The molecule has 0 heterocycles. The van der Waals surface area contributed by atoms with Crippen molar-refractivity contribution < 1.29 is 0 Å². The third-order valence-corrected chi connectivity index (χ3v) is 7.40. The molecule has 0 spiro atoms. The maximum absolute atomic E-state index is 6.39. The van der Waals surface area contributed by atoms with Gasteiger partial charge in [0, 0.05) is 11.0 Å². The standard InChI is InChI=1S/C12H12Cl4/c13-8-2-4-1-6(11(8)14)5-3-7-10(9(4)5)12(7,15)16/h2,4-7,9-11H,1,3H2/t4-,5-,6-,7-,9+,10+,11+/m1/s1. The lowest BCUT2D eigenvalue weighted by Crippen LogP contribution is -2.23. The van der Waals surface area contributed by atoms with E-state index in [-0.39, 0.29) is 5.38 Å². The Kier molecular flexibility index (Phi) is 2.07. The Morgan fingerprint density at radius 1 is 1.19 bits per heavy atom. The van der Waals surface area contributed by atoms with E-state index in [4.69, 9.17) is 46.4 Å². The van der Waals surface area contributed by atoms with Crippen molar-refractivity contribution in [3.05, 3.63) is 11.1 Å². The smallest absolute Gasteiger partial charge is 0.117 e. The maximum Gasteiger partial charge on any atom is 0.125 e. The molecule has 2 bridgehead atoms. The van der Waals surface area contributed by atoms with E-state index in [1.807, 2.05) is 0 Å². The molecule has 0 radical (unpaired) electrons. The van der Waals surface area contributed by atoms with Gasteiger partial charge in [-0.3, -0.25) is 0 Å².